The second-order valence-electron chi connectivity index (χ2n) is 3.90. The summed E-state index contributed by atoms with van der Waals surface area (Å²) in [5.41, 5.74) is 0. The Morgan fingerprint density at radius 3 is 2.58 bits per heavy atom. The van der Waals surface area contributed by atoms with Crippen LogP contribution >= 0.6 is 0 Å². The first-order valence-corrected chi connectivity index (χ1v) is 4.85. The normalized spacial score (nSPS) is 30.5. The molecule has 1 aliphatic rings. The van der Waals surface area contributed by atoms with E-state index >= 15 is 0 Å². The van der Waals surface area contributed by atoms with Crippen molar-refractivity contribution in [3.63, 3.8) is 0 Å². The lowest BCUT2D eigenvalue weighted by Gasteiger charge is -2.29. The number of hydrogen-bond acceptors (Lipinski definition) is 2. The van der Waals surface area contributed by atoms with E-state index in [4.69, 9.17) is 4.74 Å². The molecule has 0 aromatic rings. The maximum Gasteiger partial charge on any atom is 0.309 e. The molecule has 12 heavy (non-hydrogen) atoms. The molecular formula is C10H18O2. The summed E-state index contributed by atoms with van der Waals surface area (Å²) in [5, 5.41) is 0. The third-order valence-electron chi connectivity index (χ3n) is 2.65. The zero-order chi connectivity index (χ0) is 9.14. The smallest absolute Gasteiger partial charge is 0.309 e. The summed E-state index contributed by atoms with van der Waals surface area (Å²) in [6.07, 6.45) is 3.20. The summed E-state index contributed by atoms with van der Waals surface area (Å²) < 4.78 is 5.27. The van der Waals surface area contributed by atoms with Crippen molar-refractivity contribution in [2.24, 2.45) is 11.8 Å². The van der Waals surface area contributed by atoms with Crippen molar-refractivity contribution in [1.82, 2.24) is 0 Å². The fourth-order valence-electron chi connectivity index (χ4n) is 1.69. The highest BCUT2D eigenvalue weighted by Crippen LogP contribution is 2.27. The van der Waals surface area contributed by atoms with Crippen molar-refractivity contribution in [2.45, 2.75) is 46.1 Å². The van der Waals surface area contributed by atoms with Crippen LogP contribution in [0.2, 0.25) is 0 Å². The van der Waals surface area contributed by atoms with E-state index in [0.717, 1.165) is 19.3 Å². The summed E-state index contributed by atoms with van der Waals surface area (Å²) in [7, 11) is 0. The van der Waals surface area contributed by atoms with Gasteiger partial charge in [0.2, 0.25) is 0 Å². The molecule has 0 aromatic heterocycles. The van der Waals surface area contributed by atoms with Gasteiger partial charge in [0.05, 0.1) is 5.92 Å². The summed E-state index contributed by atoms with van der Waals surface area (Å²) in [4.78, 5) is 11.4. The molecule has 0 aromatic carbocycles. The first kappa shape index (κ1) is 9.56. The molecule has 1 heterocycles. The van der Waals surface area contributed by atoms with Crippen molar-refractivity contribution in [3.8, 4) is 0 Å². The molecule has 0 amide bonds. The van der Waals surface area contributed by atoms with Crippen LogP contribution in [0, 0.1) is 11.8 Å². The maximum atomic E-state index is 11.4. The van der Waals surface area contributed by atoms with Gasteiger partial charge in [0.15, 0.2) is 0 Å². The largest absolute Gasteiger partial charge is 0.462 e. The lowest BCUT2D eigenvalue weighted by atomic mass is 9.88. The molecule has 2 heteroatoms. The molecule has 1 rings (SSSR count). The Labute approximate surface area is 74.3 Å². The average Bonchev–Trinajstić information content (AvgIpc) is 2.03. The number of ether oxygens (including phenoxy) is 1. The van der Waals surface area contributed by atoms with Gasteiger partial charge in [0.25, 0.3) is 0 Å². The van der Waals surface area contributed by atoms with Crippen LogP contribution < -0.4 is 0 Å². The molecule has 1 saturated heterocycles. The van der Waals surface area contributed by atoms with Crippen molar-refractivity contribution in [3.05, 3.63) is 0 Å². The van der Waals surface area contributed by atoms with Crippen LogP contribution in [0.5, 0.6) is 0 Å². The molecule has 0 spiro atoms. The molecule has 0 N–H and O–H groups in total. The lowest BCUT2D eigenvalue weighted by molar-refractivity contribution is -0.162. The van der Waals surface area contributed by atoms with E-state index in [9.17, 15) is 4.79 Å². The standard InChI is InChI=1S/C10H18O2/c1-4-8-5-6-9(7(2)3)10(11)12-8/h7-9H,4-6H2,1-3H3. The van der Waals surface area contributed by atoms with Gasteiger partial charge in [-0.3, -0.25) is 4.79 Å². The minimum atomic E-state index is 0.0168. The van der Waals surface area contributed by atoms with Crippen molar-refractivity contribution in [2.75, 3.05) is 0 Å². The van der Waals surface area contributed by atoms with Crippen LogP contribution in [0.25, 0.3) is 0 Å². The van der Waals surface area contributed by atoms with Gasteiger partial charge in [-0.15, -0.1) is 0 Å². The Bertz CT molecular complexity index is 163. The quantitative estimate of drug-likeness (QED) is 0.595. The van der Waals surface area contributed by atoms with Gasteiger partial charge in [-0.25, -0.2) is 0 Å². The third-order valence-corrected chi connectivity index (χ3v) is 2.65. The first-order valence-electron chi connectivity index (χ1n) is 4.85. The van der Waals surface area contributed by atoms with E-state index in [1.807, 2.05) is 0 Å². The number of carbonyl (C=O) groups excluding carboxylic acids is 1. The zero-order valence-electron chi connectivity index (χ0n) is 8.17. The van der Waals surface area contributed by atoms with Gasteiger partial charge < -0.3 is 4.74 Å². The van der Waals surface area contributed by atoms with E-state index in [1.165, 1.54) is 0 Å². The van der Waals surface area contributed by atoms with Gasteiger partial charge >= 0.3 is 5.97 Å². The van der Waals surface area contributed by atoms with Crippen molar-refractivity contribution < 1.29 is 9.53 Å². The summed E-state index contributed by atoms with van der Waals surface area (Å²) in [6, 6.07) is 0. The van der Waals surface area contributed by atoms with Crippen molar-refractivity contribution in [1.29, 1.82) is 0 Å². The fraction of sp³-hybridized carbons (Fsp3) is 0.900. The Morgan fingerprint density at radius 2 is 2.17 bits per heavy atom. The Balaban J connectivity index is 2.48. The lowest BCUT2D eigenvalue weighted by Crippen LogP contribution is -2.33. The van der Waals surface area contributed by atoms with E-state index in [-0.39, 0.29) is 18.0 Å². The Morgan fingerprint density at radius 1 is 1.50 bits per heavy atom. The average molecular weight is 170 g/mol. The molecule has 0 radical (unpaired) electrons. The molecule has 2 unspecified atom stereocenters. The van der Waals surface area contributed by atoms with E-state index in [1.54, 1.807) is 0 Å². The van der Waals surface area contributed by atoms with Crippen LogP contribution in [0.15, 0.2) is 0 Å². The van der Waals surface area contributed by atoms with E-state index < -0.39 is 0 Å². The molecular weight excluding hydrogens is 152 g/mol. The topological polar surface area (TPSA) is 26.3 Å². The minimum Gasteiger partial charge on any atom is -0.462 e. The molecule has 70 valence electrons. The van der Waals surface area contributed by atoms with Gasteiger partial charge in [0.1, 0.15) is 6.10 Å². The van der Waals surface area contributed by atoms with Crippen LogP contribution in [-0.2, 0) is 9.53 Å². The molecule has 0 saturated carbocycles. The van der Waals surface area contributed by atoms with Crippen LogP contribution in [0.3, 0.4) is 0 Å². The monoisotopic (exact) mass is 170 g/mol. The second kappa shape index (κ2) is 3.92. The highest BCUT2D eigenvalue weighted by atomic mass is 16.5. The SMILES string of the molecule is CCC1CCC(C(C)C)C(=O)O1. The highest BCUT2D eigenvalue weighted by Gasteiger charge is 2.30. The fourth-order valence-corrected chi connectivity index (χ4v) is 1.69. The van der Waals surface area contributed by atoms with E-state index in [2.05, 4.69) is 20.8 Å². The third kappa shape index (κ3) is 1.99. The predicted molar refractivity (Wildman–Crippen MR) is 47.7 cm³/mol. The van der Waals surface area contributed by atoms with Crippen LogP contribution in [0.1, 0.15) is 40.0 Å². The number of cyclic esters (lactones) is 1. The predicted octanol–water partition coefficient (Wildman–Crippen LogP) is 2.37. The summed E-state index contributed by atoms with van der Waals surface area (Å²) in [6.45, 7) is 6.23. The molecule has 2 nitrogen and oxygen atoms in total. The molecule has 0 aliphatic carbocycles. The zero-order valence-corrected chi connectivity index (χ0v) is 8.17. The number of carbonyl (C=O) groups is 1. The van der Waals surface area contributed by atoms with Crippen LogP contribution in [0.4, 0.5) is 0 Å². The number of hydrogen-bond donors (Lipinski definition) is 0. The minimum absolute atomic E-state index is 0.0168. The number of esters is 1. The Hall–Kier alpha value is -0.530. The molecule has 0 bridgehead atoms. The van der Waals surface area contributed by atoms with Crippen LogP contribution in [-0.4, -0.2) is 12.1 Å². The summed E-state index contributed by atoms with van der Waals surface area (Å²) in [5.74, 6) is 0.589. The first-order chi connectivity index (χ1) is 5.65. The molecule has 1 aliphatic heterocycles. The highest BCUT2D eigenvalue weighted by molar-refractivity contribution is 5.73. The van der Waals surface area contributed by atoms with Gasteiger partial charge in [0, 0.05) is 0 Å². The maximum absolute atomic E-state index is 11.4. The second-order valence-corrected chi connectivity index (χ2v) is 3.90. The molecule has 1 fully saturated rings. The molecule has 2 atom stereocenters. The van der Waals surface area contributed by atoms with E-state index in [0.29, 0.717) is 5.92 Å². The number of rotatable bonds is 2. The Kier molecular flexibility index (Phi) is 3.12. The summed E-state index contributed by atoms with van der Waals surface area (Å²) >= 11 is 0. The van der Waals surface area contributed by atoms with Gasteiger partial charge in [-0.2, -0.15) is 0 Å². The van der Waals surface area contributed by atoms with Gasteiger partial charge in [-0.1, -0.05) is 20.8 Å². The van der Waals surface area contributed by atoms with Crippen molar-refractivity contribution >= 4 is 5.97 Å². The van der Waals surface area contributed by atoms with Gasteiger partial charge in [-0.05, 0) is 25.2 Å².